The van der Waals surface area contributed by atoms with Gasteiger partial charge in [0.25, 0.3) is 0 Å². The molecule has 17 nitrogen and oxygen atoms in total. The van der Waals surface area contributed by atoms with Crippen molar-refractivity contribution in [1.29, 1.82) is 0 Å². The molecule has 0 unspecified atom stereocenters. The number of hydrogen-bond acceptors (Lipinski definition) is 20. The van der Waals surface area contributed by atoms with Crippen molar-refractivity contribution in [1.82, 2.24) is 81.1 Å². The highest BCUT2D eigenvalue weighted by Crippen LogP contribution is 2.49. The van der Waals surface area contributed by atoms with Crippen molar-refractivity contribution in [2.75, 3.05) is 0 Å². The molecule has 17 aromatic carbocycles. The van der Waals surface area contributed by atoms with Gasteiger partial charge in [-0.25, -0.2) is 44.9 Å². The molecule has 29 aromatic rings. The van der Waals surface area contributed by atoms with Gasteiger partial charge in [0.2, 0.25) is 0 Å². The lowest BCUT2D eigenvalue weighted by atomic mass is 9.92. The molecule has 0 N–H and O–H groups in total. The van der Waals surface area contributed by atoms with E-state index in [1.165, 1.54) is 35.2 Å². The fourth-order valence-corrected chi connectivity index (χ4v) is 22.0. The molecular formula is C129H77N17S3. The SMILES string of the molecule is c1ccc(-c2ccc3ccc4ccc(-c5cccc6c5nc(-c5ccccc5)c5cc(-c7ccccc7)c7nsnc7c56)nc4c3n2)cc1.c1ccc(-c2nc(-c3ccccc3)nc(-c3ccc(-c4cccc5c4nc(-c4ccccc4)c4ccc6nsnc6c45)cc3)n2)cc1.c1ccc(-c2nc3c(-c4ccc(-c5cc(-c6ccccn6)nc(-c6ccccn6)c5)cc4)cccc3c3c2cc(-c2ccccc2)c2nsnc23)cc1. The van der Waals surface area contributed by atoms with Gasteiger partial charge in [-0.3, -0.25) is 9.97 Å². The van der Waals surface area contributed by atoms with Crippen LogP contribution in [0.25, 0.3) is 289 Å². The van der Waals surface area contributed by atoms with E-state index < -0.39 is 0 Å². The first-order valence-electron chi connectivity index (χ1n) is 48.9. The van der Waals surface area contributed by atoms with Gasteiger partial charge in [-0.05, 0) is 106 Å². The van der Waals surface area contributed by atoms with E-state index in [1.807, 2.05) is 164 Å². The van der Waals surface area contributed by atoms with Crippen LogP contribution in [0.1, 0.15) is 0 Å². The summed E-state index contributed by atoms with van der Waals surface area (Å²) in [7, 11) is 0. The van der Waals surface area contributed by atoms with Crippen molar-refractivity contribution in [2.24, 2.45) is 0 Å². The van der Waals surface area contributed by atoms with Crippen LogP contribution in [-0.4, -0.2) is 81.1 Å². The largest absolute Gasteiger partial charge is 0.255 e. The van der Waals surface area contributed by atoms with Crippen LogP contribution in [0.3, 0.4) is 0 Å². The highest BCUT2D eigenvalue weighted by molar-refractivity contribution is 7.00. The summed E-state index contributed by atoms with van der Waals surface area (Å²) in [5, 5.41) is 11.6. The Kier molecular flexibility index (Phi) is 22.7. The Morgan fingerprint density at radius 2 is 0.483 bits per heavy atom. The standard InChI is InChI=1S/C46H28N6S.C43H25N5S.C40H24N6S/c1-3-12-30(13-4-1)36-28-37-42(46-45(36)51-53-52-46)35-17-11-16-34(44(35)50-43(37)32-14-5-2-6-15-32)31-22-20-29(21-23-31)33-26-40(38-18-7-9-24-47-38)49-41(27-33)39-19-8-10-25-48-39;1-4-11-26(12-5-1)33-25-34-37(43-42(33)47-49-48-43)32-18-10-17-31(41(32)46-38(34)28-15-8-3-9-16-28)36-24-22-30-20-19-29-21-23-35(27-13-6-2-7-14-27)44-39(29)40(30)45-36;1-4-11-26(12-5-1)35-32-23-24-33-37(46-47-45-33)34(32)31-18-10-17-30(36(31)41-35)25-19-21-29(22-20-25)40-43-38(27-13-6-2-7-14-27)42-39(44-40)28-15-8-3-9-16-28/h1-28H;1-25H;1-24H. The van der Waals surface area contributed by atoms with Gasteiger partial charge in [0, 0.05) is 138 Å². The molecule has 0 amide bonds. The smallest absolute Gasteiger partial charge is 0.164 e. The van der Waals surface area contributed by atoms with Gasteiger partial charge in [-0.2, -0.15) is 26.2 Å². The van der Waals surface area contributed by atoms with Crippen molar-refractivity contribution in [3.05, 3.63) is 467 Å². The van der Waals surface area contributed by atoms with Crippen LogP contribution in [0.4, 0.5) is 0 Å². The van der Waals surface area contributed by atoms with Gasteiger partial charge in [-0.15, -0.1) is 0 Å². The molecule has 0 fully saturated rings. The maximum absolute atomic E-state index is 5.48. The molecule has 29 rings (SSSR count). The van der Waals surface area contributed by atoms with E-state index in [2.05, 4.69) is 306 Å². The van der Waals surface area contributed by atoms with E-state index in [4.69, 9.17) is 66.7 Å². The Morgan fingerprint density at radius 1 is 0.148 bits per heavy atom. The van der Waals surface area contributed by atoms with E-state index >= 15 is 0 Å². The lowest BCUT2D eigenvalue weighted by molar-refractivity contribution is 1.07. The first kappa shape index (κ1) is 88.4. The average Bonchev–Trinajstić information content (AvgIpc) is 1.70. The number of aromatic nitrogens is 17. The Labute approximate surface area is 865 Å². The Hall–Kier alpha value is -19.5. The summed E-state index contributed by atoms with van der Waals surface area (Å²) in [6.07, 6.45) is 3.59. The first-order chi connectivity index (χ1) is 73.9. The summed E-state index contributed by atoms with van der Waals surface area (Å²) in [6.45, 7) is 0. The van der Waals surface area contributed by atoms with E-state index in [1.54, 1.807) is 12.4 Å². The lowest BCUT2D eigenvalue weighted by Gasteiger charge is -2.15. The Balaban J connectivity index is 0.000000110. The maximum Gasteiger partial charge on any atom is 0.164 e. The predicted octanol–water partition coefficient (Wildman–Crippen LogP) is 32.6. The molecule has 0 radical (unpaired) electrons. The molecule has 0 aliphatic carbocycles. The van der Waals surface area contributed by atoms with Crippen LogP contribution in [0, 0.1) is 0 Å². The number of para-hydroxylation sites is 3. The zero-order valence-corrected chi connectivity index (χ0v) is 81.7. The minimum absolute atomic E-state index is 0.621. The van der Waals surface area contributed by atoms with Crippen molar-refractivity contribution < 1.29 is 0 Å². The molecule has 12 heterocycles. The minimum atomic E-state index is 0.621. The van der Waals surface area contributed by atoms with Gasteiger partial charge >= 0.3 is 0 Å². The van der Waals surface area contributed by atoms with Crippen molar-refractivity contribution in [2.45, 2.75) is 0 Å². The van der Waals surface area contributed by atoms with Gasteiger partial charge in [-0.1, -0.05) is 382 Å². The number of pyridine rings is 8. The number of hydrogen-bond donors (Lipinski definition) is 0. The van der Waals surface area contributed by atoms with Gasteiger partial charge in [0.15, 0.2) is 17.5 Å². The van der Waals surface area contributed by atoms with Crippen LogP contribution in [0.5, 0.6) is 0 Å². The molecule has 0 saturated heterocycles. The van der Waals surface area contributed by atoms with Crippen LogP contribution in [-0.2, 0) is 0 Å². The second kappa shape index (κ2) is 38.3. The summed E-state index contributed by atoms with van der Waals surface area (Å²) in [4.78, 5) is 55.5. The summed E-state index contributed by atoms with van der Waals surface area (Å²) in [6, 6.07) is 156. The van der Waals surface area contributed by atoms with E-state index in [-0.39, 0.29) is 0 Å². The van der Waals surface area contributed by atoms with Gasteiger partial charge in [0.05, 0.1) is 114 Å². The molecule has 0 spiro atoms. The fraction of sp³-hybridized carbons (Fsp3) is 0. The number of fused-ring (bicyclic) bond motifs is 18. The lowest BCUT2D eigenvalue weighted by Crippen LogP contribution is -2.00. The summed E-state index contributed by atoms with van der Waals surface area (Å²) in [5.74, 6) is 1.90. The second-order valence-corrected chi connectivity index (χ2v) is 37.9. The quantitative estimate of drug-likeness (QED) is 0.0871. The molecule has 12 aromatic heterocycles. The summed E-state index contributed by atoms with van der Waals surface area (Å²) in [5.41, 5.74) is 36.2. The fourth-order valence-electron chi connectivity index (χ4n) is 20.3. The Bertz CT molecular complexity index is 10100. The van der Waals surface area contributed by atoms with E-state index in [0.717, 1.165) is 271 Å². The molecule has 149 heavy (non-hydrogen) atoms. The van der Waals surface area contributed by atoms with E-state index in [9.17, 15) is 0 Å². The summed E-state index contributed by atoms with van der Waals surface area (Å²) < 4.78 is 28.7. The molecular weight excluding hydrogens is 1880 g/mol. The van der Waals surface area contributed by atoms with Crippen LogP contribution >= 0.6 is 35.2 Å². The normalized spacial score (nSPS) is 11.5. The number of rotatable bonds is 15. The third kappa shape index (κ3) is 16.5. The maximum atomic E-state index is 5.48. The minimum Gasteiger partial charge on any atom is -0.255 e. The highest BCUT2D eigenvalue weighted by Gasteiger charge is 2.27. The monoisotopic (exact) mass is 1960 g/mol. The first-order valence-corrected chi connectivity index (χ1v) is 51.1. The molecule has 20 heteroatoms. The van der Waals surface area contributed by atoms with Crippen molar-refractivity contribution >= 4 is 155 Å². The molecule has 0 atom stereocenters. The number of benzene rings is 17. The average molecular weight is 1960 g/mol. The van der Waals surface area contributed by atoms with Crippen molar-refractivity contribution in [3.8, 4) is 169 Å². The zero-order valence-electron chi connectivity index (χ0n) is 79.3. The molecule has 0 bridgehead atoms. The van der Waals surface area contributed by atoms with Gasteiger partial charge < -0.3 is 0 Å². The van der Waals surface area contributed by atoms with Crippen LogP contribution in [0.2, 0.25) is 0 Å². The van der Waals surface area contributed by atoms with Crippen molar-refractivity contribution in [3.63, 3.8) is 0 Å². The highest BCUT2D eigenvalue weighted by atomic mass is 32.1. The molecule has 696 valence electrons. The zero-order chi connectivity index (χ0) is 98.6. The topological polar surface area (TPSA) is 219 Å². The van der Waals surface area contributed by atoms with Gasteiger partial charge in [0.1, 0.15) is 33.1 Å². The Morgan fingerprint density at radius 3 is 0.926 bits per heavy atom. The molecule has 0 saturated carbocycles. The molecule has 0 aliphatic heterocycles. The summed E-state index contributed by atoms with van der Waals surface area (Å²) >= 11 is 3.74. The van der Waals surface area contributed by atoms with E-state index in [0.29, 0.717) is 17.5 Å². The van der Waals surface area contributed by atoms with Crippen LogP contribution in [0.15, 0.2) is 467 Å². The molecule has 0 aliphatic rings. The predicted molar refractivity (Wildman–Crippen MR) is 610 cm³/mol. The van der Waals surface area contributed by atoms with Crippen LogP contribution < -0.4 is 0 Å². The third-order valence-electron chi connectivity index (χ3n) is 27.4. The third-order valence-corrected chi connectivity index (χ3v) is 29.0. The number of nitrogens with zero attached hydrogens (tertiary/aromatic N) is 17. The second-order valence-electron chi connectivity index (χ2n) is 36.3.